The molecule has 0 radical (unpaired) electrons. The number of hydrogen-bond donors (Lipinski definition) is 2. The minimum atomic E-state index is 0.398. The van der Waals surface area contributed by atoms with Gasteiger partial charge >= 0.3 is 0 Å². The molecule has 3 N–H and O–H groups in total. The molecule has 2 aromatic carbocycles. The van der Waals surface area contributed by atoms with Crippen LogP contribution in [0, 0.1) is 6.92 Å². The summed E-state index contributed by atoms with van der Waals surface area (Å²) in [5, 5.41) is 1.19. The van der Waals surface area contributed by atoms with Crippen molar-refractivity contribution in [1.29, 1.82) is 0 Å². The Bertz CT molecular complexity index is 796. The van der Waals surface area contributed by atoms with Crippen molar-refractivity contribution in [2.24, 2.45) is 5.73 Å². The first-order valence-electron chi connectivity index (χ1n) is 7.22. The molecular formula is C18H20N2O2. The molecule has 3 aromatic rings. The van der Waals surface area contributed by atoms with E-state index in [4.69, 9.17) is 15.2 Å². The van der Waals surface area contributed by atoms with Crippen molar-refractivity contribution in [3.05, 3.63) is 47.7 Å². The van der Waals surface area contributed by atoms with E-state index in [0.29, 0.717) is 18.0 Å². The maximum atomic E-state index is 5.88. The fourth-order valence-corrected chi connectivity index (χ4v) is 2.99. The smallest absolute Gasteiger partial charge is 0.165 e. The van der Waals surface area contributed by atoms with Crippen molar-refractivity contribution in [1.82, 2.24) is 4.98 Å². The van der Waals surface area contributed by atoms with E-state index in [1.54, 1.807) is 14.2 Å². The van der Waals surface area contributed by atoms with Crippen LogP contribution in [-0.2, 0) is 6.54 Å². The first-order chi connectivity index (χ1) is 10.7. The van der Waals surface area contributed by atoms with Gasteiger partial charge in [-0.1, -0.05) is 18.2 Å². The SMILES string of the molecule is COc1cc(-c2c(C)[nH]c3ccccc23)cc(CN)c1OC. The average Bonchev–Trinajstić information content (AvgIpc) is 2.89. The third-order valence-electron chi connectivity index (χ3n) is 3.96. The zero-order valence-electron chi connectivity index (χ0n) is 13.1. The molecule has 0 fully saturated rings. The third kappa shape index (κ3) is 2.22. The first kappa shape index (κ1) is 14.5. The number of aromatic amines is 1. The minimum absolute atomic E-state index is 0.398. The molecule has 1 heterocycles. The topological polar surface area (TPSA) is 60.3 Å². The molecule has 0 unspecified atom stereocenters. The molecule has 0 saturated heterocycles. The normalized spacial score (nSPS) is 10.9. The van der Waals surface area contributed by atoms with E-state index in [2.05, 4.69) is 30.1 Å². The number of aryl methyl sites for hydroxylation is 1. The molecule has 0 bridgehead atoms. The van der Waals surface area contributed by atoms with E-state index < -0.39 is 0 Å². The van der Waals surface area contributed by atoms with Crippen molar-refractivity contribution in [3.8, 4) is 22.6 Å². The van der Waals surface area contributed by atoms with Crippen LogP contribution in [0.15, 0.2) is 36.4 Å². The number of ether oxygens (including phenoxy) is 2. The number of nitrogens with two attached hydrogens (primary N) is 1. The van der Waals surface area contributed by atoms with Crippen LogP contribution in [0.5, 0.6) is 11.5 Å². The molecule has 0 aliphatic rings. The van der Waals surface area contributed by atoms with Gasteiger partial charge < -0.3 is 20.2 Å². The lowest BCUT2D eigenvalue weighted by molar-refractivity contribution is 0.352. The fraction of sp³-hybridized carbons (Fsp3) is 0.222. The quantitative estimate of drug-likeness (QED) is 0.773. The van der Waals surface area contributed by atoms with Gasteiger partial charge in [0.25, 0.3) is 0 Å². The van der Waals surface area contributed by atoms with Gasteiger partial charge in [-0.25, -0.2) is 0 Å². The fourth-order valence-electron chi connectivity index (χ4n) is 2.99. The zero-order valence-corrected chi connectivity index (χ0v) is 13.1. The monoisotopic (exact) mass is 296 g/mol. The summed E-state index contributed by atoms with van der Waals surface area (Å²) >= 11 is 0. The Morgan fingerprint density at radius 1 is 1.09 bits per heavy atom. The maximum Gasteiger partial charge on any atom is 0.165 e. The number of rotatable bonds is 4. The summed E-state index contributed by atoms with van der Waals surface area (Å²) in [6.07, 6.45) is 0. The summed E-state index contributed by atoms with van der Waals surface area (Å²) in [6.45, 7) is 2.48. The molecule has 0 amide bonds. The van der Waals surface area contributed by atoms with Crippen LogP contribution in [0.4, 0.5) is 0 Å². The van der Waals surface area contributed by atoms with E-state index in [-0.39, 0.29) is 0 Å². The molecule has 22 heavy (non-hydrogen) atoms. The van der Waals surface area contributed by atoms with Crippen LogP contribution in [0.1, 0.15) is 11.3 Å². The van der Waals surface area contributed by atoms with Gasteiger partial charge in [-0.3, -0.25) is 0 Å². The lowest BCUT2D eigenvalue weighted by Gasteiger charge is -2.14. The minimum Gasteiger partial charge on any atom is -0.493 e. The summed E-state index contributed by atoms with van der Waals surface area (Å²) in [4.78, 5) is 3.43. The van der Waals surface area contributed by atoms with Gasteiger partial charge in [-0.2, -0.15) is 0 Å². The standard InChI is InChI=1S/C18H20N2O2/c1-11-17(14-6-4-5-7-15(14)20-11)12-8-13(10-19)18(22-3)16(9-12)21-2/h4-9,20H,10,19H2,1-3H3. The van der Waals surface area contributed by atoms with Gasteiger partial charge in [-0.15, -0.1) is 0 Å². The highest BCUT2D eigenvalue weighted by atomic mass is 16.5. The summed E-state index contributed by atoms with van der Waals surface area (Å²) < 4.78 is 10.9. The molecule has 0 aliphatic heterocycles. The van der Waals surface area contributed by atoms with Crippen molar-refractivity contribution in [2.75, 3.05) is 14.2 Å². The Morgan fingerprint density at radius 3 is 2.55 bits per heavy atom. The van der Waals surface area contributed by atoms with E-state index in [9.17, 15) is 0 Å². The van der Waals surface area contributed by atoms with E-state index in [1.165, 1.54) is 10.9 Å². The molecule has 0 saturated carbocycles. The summed E-state index contributed by atoms with van der Waals surface area (Å²) in [7, 11) is 3.28. The van der Waals surface area contributed by atoms with Gasteiger partial charge in [-0.05, 0) is 30.7 Å². The Hall–Kier alpha value is -2.46. The van der Waals surface area contributed by atoms with Crippen molar-refractivity contribution in [3.63, 3.8) is 0 Å². The van der Waals surface area contributed by atoms with Crippen molar-refractivity contribution < 1.29 is 9.47 Å². The molecule has 0 spiro atoms. The highest BCUT2D eigenvalue weighted by molar-refractivity contribution is 5.97. The van der Waals surface area contributed by atoms with Crippen molar-refractivity contribution >= 4 is 10.9 Å². The molecule has 4 nitrogen and oxygen atoms in total. The van der Waals surface area contributed by atoms with Gasteiger partial charge in [0.15, 0.2) is 11.5 Å². The van der Waals surface area contributed by atoms with E-state index in [1.807, 2.05) is 18.2 Å². The number of hydrogen-bond acceptors (Lipinski definition) is 3. The lowest BCUT2D eigenvalue weighted by Crippen LogP contribution is -2.02. The predicted octanol–water partition coefficient (Wildman–Crippen LogP) is 3.62. The number of aromatic nitrogens is 1. The van der Waals surface area contributed by atoms with Crippen LogP contribution in [-0.4, -0.2) is 19.2 Å². The second-order valence-corrected chi connectivity index (χ2v) is 5.25. The van der Waals surface area contributed by atoms with Gasteiger partial charge in [0.2, 0.25) is 0 Å². The van der Waals surface area contributed by atoms with Crippen LogP contribution >= 0.6 is 0 Å². The number of fused-ring (bicyclic) bond motifs is 1. The summed E-state index contributed by atoms with van der Waals surface area (Å²) in [5.74, 6) is 1.40. The second kappa shape index (κ2) is 5.73. The largest absolute Gasteiger partial charge is 0.493 e. The molecule has 114 valence electrons. The van der Waals surface area contributed by atoms with Crippen LogP contribution in [0.2, 0.25) is 0 Å². The van der Waals surface area contributed by atoms with Crippen LogP contribution < -0.4 is 15.2 Å². The second-order valence-electron chi connectivity index (χ2n) is 5.25. The number of benzene rings is 2. The molecule has 0 aliphatic carbocycles. The Kier molecular flexibility index (Phi) is 3.77. The summed E-state index contributed by atoms with van der Waals surface area (Å²) in [5.41, 5.74) is 11.3. The Balaban J connectivity index is 2.29. The number of nitrogens with one attached hydrogen (secondary N) is 1. The van der Waals surface area contributed by atoms with Crippen LogP contribution in [0.25, 0.3) is 22.0 Å². The van der Waals surface area contributed by atoms with E-state index in [0.717, 1.165) is 22.3 Å². The van der Waals surface area contributed by atoms with E-state index >= 15 is 0 Å². The number of methoxy groups -OCH3 is 2. The van der Waals surface area contributed by atoms with Crippen LogP contribution in [0.3, 0.4) is 0 Å². The molecule has 0 atom stereocenters. The number of para-hydroxylation sites is 1. The third-order valence-corrected chi connectivity index (χ3v) is 3.96. The molecule has 1 aromatic heterocycles. The van der Waals surface area contributed by atoms with Crippen molar-refractivity contribution in [2.45, 2.75) is 13.5 Å². The molecule has 3 rings (SSSR count). The Labute approximate surface area is 129 Å². The molecule has 4 heteroatoms. The average molecular weight is 296 g/mol. The molecular weight excluding hydrogens is 276 g/mol. The first-order valence-corrected chi connectivity index (χ1v) is 7.22. The maximum absolute atomic E-state index is 5.88. The lowest BCUT2D eigenvalue weighted by atomic mass is 9.99. The van der Waals surface area contributed by atoms with Gasteiger partial charge in [0.05, 0.1) is 14.2 Å². The van der Waals surface area contributed by atoms with Gasteiger partial charge in [0.1, 0.15) is 0 Å². The predicted molar refractivity (Wildman–Crippen MR) is 89.5 cm³/mol. The number of H-pyrrole nitrogens is 1. The highest BCUT2D eigenvalue weighted by Crippen LogP contribution is 2.39. The zero-order chi connectivity index (χ0) is 15.7. The highest BCUT2D eigenvalue weighted by Gasteiger charge is 2.16. The summed E-state index contributed by atoms with van der Waals surface area (Å²) in [6, 6.07) is 12.3. The van der Waals surface area contributed by atoms with Gasteiger partial charge in [0, 0.05) is 34.3 Å². The Morgan fingerprint density at radius 2 is 1.86 bits per heavy atom.